The van der Waals surface area contributed by atoms with Gasteiger partial charge in [-0.15, -0.1) is 0 Å². The fourth-order valence-corrected chi connectivity index (χ4v) is 0.248. The van der Waals surface area contributed by atoms with E-state index in [-0.39, 0.29) is 32.7 Å². The summed E-state index contributed by atoms with van der Waals surface area (Å²) in [6.45, 7) is 2.97. The molecule has 2 heteroatoms. The fraction of sp³-hybridized carbons (Fsp3) is 0.750. The molecule has 1 atom stereocenters. The Hall–Kier alpha value is 1.06. The van der Waals surface area contributed by atoms with E-state index in [0.717, 1.165) is 6.61 Å². The van der Waals surface area contributed by atoms with Crippen LogP contribution in [0.2, 0.25) is 0 Å². The summed E-state index contributed by atoms with van der Waals surface area (Å²) in [6.07, 6.45) is 2.56. The average Bonchev–Trinajstić information content (AvgIpc) is 2.12. The predicted octanol–water partition coefficient (Wildman–Crippen LogP) is 0.607. The van der Waals surface area contributed by atoms with Crippen molar-refractivity contribution in [2.24, 2.45) is 0 Å². The van der Waals surface area contributed by atoms with Crippen molar-refractivity contribution in [3.63, 3.8) is 0 Å². The Balaban J connectivity index is 0.000000250. The number of hydrogen-bond donors (Lipinski definition) is 0. The van der Waals surface area contributed by atoms with Crippen LogP contribution in [0.25, 0.3) is 0 Å². The molecule has 0 saturated carbocycles. The van der Waals surface area contributed by atoms with Gasteiger partial charge in [-0.2, -0.15) is 6.92 Å². The van der Waals surface area contributed by atoms with Crippen molar-refractivity contribution in [1.29, 1.82) is 0 Å². The number of ether oxygens (including phenoxy) is 1. The molecule has 0 unspecified atom stereocenters. The van der Waals surface area contributed by atoms with E-state index < -0.39 is 0 Å². The molecule has 1 fully saturated rings. The summed E-state index contributed by atoms with van der Waals surface area (Å²) >= 11 is 0. The summed E-state index contributed by atoms with van der Waals surface area (Å²) < 4.78 is 4.80. The minimum atomic E-state index is 0. The Labute approximate surface area is 63.3 Å². The molecule has 1 aliphatic heterocycles. The molecule has 0 N–H and O–H groups in total. The molecule has 6 heavy (non-hydrogen) atoms. The maximum absolute atomic E-state index is 4.80. The third kappa shape index (κ3) is 2.27. The number of hydrogen-bond acceptors (Lipinski definition) is 1. The van der Waals surface area contributed by atoms with Gasteiger partial charge in [0.1, 0.15) is 0 Å². The summed E-state index contributed by atoms with van der Waals surface area (Å²) in [6, 6.07) is 0. The topological polar surface area (TPSA) is 12.5 Å². The predicted molar refractivity (Wildman–Crippen MR) is 19.7 cm³/mol. The van der Waals surface area contributed by atoms with Crippen molar-refractivity contribution in [1.82, 2.24) is 0 Å². The van der Waals surface area contributed by atoms with Crippen molar-refractivity contribution in [2.75, 3.05) is 6.61 Å². The second-order valence-corrected chi connectivity index (χ2v) is 1.21. The third-order valence-corrected chi connectivity index (χ3v) is 0.731. The molecule has 1 nitrogen and oxygen atoms in total. The first kappa shape index (κ1) is 7.06. The molecular weight excluding hydrogens is 153 g/mol. The van der Waals surface area contributed by atoms with Gasteiger partial charge in [-0.05, 0) is 6.10 Å². The molecule has 33 valence electrons. The zero-order chi connectivity index (χ0) is 3.70. The van der Waals surface area contributed by atoms with Gasteiger partial charge in [0, 0.05) is 39.3 Å². The second-order valence-electron chi connectivity index (χ2n) is 1.21. The van der Waals surface area contributed by atoms with E-state index in [0.29, 0.717) is 6.10 Å². The smallest absolute Gasteiger partial charge is 0.0417 e. The van der Waals surface area contributed by atoms with Crippen LogP contribution in [-0.2, 0) is 37.4 Å². The van der Waals surface area contributed by atoms with Gasteiger partial charge in [0.05, 0.1) is 0 Å². The van der Waals surface area contributed by atoms with Crippen LogP contribution in [0, 0.1) is 6.42 Å². The van der Waals surface area contributed by atoms with E-state index in [4.69, 9.17) is 4.74 Å². The standard InChI is InChI=1S/C4H7O.Y/c1-2-4-3-5-4;/h2,4H,3H2,1H3;/q-1;/t4-;/m1./s1. The third-order valence-electron chi connectivity index (χ3n) is 0.731. The van der Waals surface area contributed by atoms with Gasteiger partial charge in [0.2, 0.25) is 0 Å². The Bertz CT molecular complexity index is 34.5. The Morgan fingerprint density at radius 2 is 2.33 bits per heavy atom. The zero-order valence-corrected chi connectivity index (χ0v) is 6.69. The normalized spacial score (nSPS) is 28.5. The minimum Gasteiger partial charge on any atom is -0.408 e. The van der Waals surface area contributed by atoms with E-state index in [2.05, 4.69) is 6.42 Å². The van der Waals surface area contributed by atoms with Gasteiger partial charge in [-0.1, -0.05) is 0 Å². The van der Waals surface area contributed by atoms with Gasteiger partial charge in [0.25, 0.3) is 0 Å². The van der Waals surface area contributed by atoms with Crippen LogP contribution >= 0.6 is 0 Å². The van der Waals surface area contributed by atoms with Gasteiger partial charge in [-0.25, -0.2) is 0 Å². The minimum absolute atomic E-state index is 0. The van der Waals surface area contributed by atoms with Gasteiger partial charge in [0.15, 0.2) is 0 Å². The maximum Gasteiger partial charge on any atom is 0.0417 e. The molecule has 1 radical (unpaired) electrons. The molecule has 1 rings (SSSR count). The maximum atomic E-state index is 4.80. The summed E-state index contributed by atoms with van der Waals surface area (Å²) in [5.74, 6) is 0. The molecule has 1 saturated heterocycles. The average molecular weight is 160 g/mol. The molecule has 0 amide bonds. The number of epoxide rings is 1. The van der Waals surface area contributed by atoms with E-state index in [1.54, 1.807) is 0 Å². The molecular formula is C4H7OY-. The van der Waals surface area contributed by atoms with Gasteiger partial charge >= 0.3 is 0 Å². The van der Waals surface area contributed by atoms with Crippen LogP contribution in [0.1, 0.15) is 6.92 Å². The first-order valence-electron chi connectivity index (χ1n) is 1.84. The SMILES string of the molecule is C[CH-][C@@H]1CO1.[Y]. The molecule has 1 aliphatic rings. The summed E-state index contributed by atoms with van der Waals surface area (Å²) in [4.78, 5) is 0. The number of rotatable bonds is 1. The monoisotopic (exact) mass is 160 g/mol. The molecule has 0 aliphatic carbocycles. The van der Waals surface area contributed by atoms with E-state index >= 15 is 0 Å². The van der Waals surface area contributed by atoms with Crippen LogP contribution in [0.15, 0.2) is 0 Å². The van der Waals surface area contributed by atoms with Crippen molar-refractivity contribution in [2.45, 2.75) is 13.0 Å². The molecule has 0 bridgehead atoms. The van der Waals surface area contributed by atoms with Crippen LogP contribution in [0.5, 0.6) is 0 Å². The summed E-state index contributed by atoms with van der Waals surface area (Å²) in [5, 5.41) is 0. The van der Waals surface area contributed by atoms with E-state index in [9.17, 15) is 0 Å². The quantitative estimate of drug-likeness (QED) is 0.404. The first-order valence-corrected chi connectivity index (χ1v) is 1.84. The molecule has 0 aromatic carbocycles. The summed E-state index contributed by atoms with van der Waals surface area (Å²) in [7, 11) is 0. The van der Waals surface area contributed by atoms with Gasteiger partial charge in [-0.3, -0.25) is 0 Å². The van der Waals surface area contributed by atoms with Gasteiger partial charge < -0.3 is 11.2 Å². The Morgan fingerprint density at radius 1 is 1.83 bits per heavy atom. The zero-order valence-electron chi connectivity index (χ0n) is 3.85. The van der Waals surface area contributed by atoms with Crippen molar-refractivity contribution in [3.05, 3.63) is 6.42 Å². The largest absolute Gasteiger partial charge is 0.408 e. The Morgan fingerprint density at radius 3 is 2.33 bits per heavy atom. The summed E-state index contributed by atoms with van der Waals surface area (Å²) in [5.41, 5.74) is 0. The van der Waals surface area contributed by atoms with Crippen molar-refractivity contribution < 1.29 is 37.4 Å². The van der Waals surface area contributed by atoms with Crippen molar-refractivity contribution in [3.8, 4) is 0 Å². The first-order chi connectivity index (χ1) is 2.43. The van der Waals surface area contributed by atoms with Crippen LogP contribution in [-0.4, -0.2) is 12.7 Å². The Kier molecular flexibility index (Phi) is 3.67. The van der Waals surface area contributed by atoms with Crippen LogP contribution < -0.4 is 0 Å². The van der Waals surface area contributed by atoms with Crippen molar-refractivity contribution >= 4 is 0 Å². The van der Waals surface area contributed by atoms with E-state index in [1.807, 2.05) is 6.92 Å². The molecule has 1 heterocycles. The van der Waals surface area contributed by atoms with Crippen LogP contribution in [0.4, 0.5) is 0 Å². The second kappa shape index (κ2) is 3.12. The molecule has 0 spiro atoms. The van der Waals surface area contributed by atoms with Crippen LogP contribution in [0.3, 0.4) is 0 Å². The van der Waals surface area contributed by atoms with E-state index in [1.165, 1.54) is 0 Å². The molecule has 0 aromatic rings. The fourth-order valence-electron chi connectivity index (χ4n) is 0.248. The molecule has 0 aromatic heterocycles.